The monoisotopic (exact) mass is 472 g/mol. The summed E-state index contributed by atoms with van der Waals surface area (Å²) in [4.78, 5) is 48.5. The van der Waals surface area contributed by atoms with E-state index >= 15 is 0 Å². The van der Waals surface area contributed by atoms with E-state index in [-0.39, 0.29) is 17.2 Å². The molecule has 0 bridgehead atoms. The van der Waals surface area contributed by atoms with Gasteiger partial charge in [-0.25, -0.2) is 24.4 Å². The van der Waals surface area contributed by atoms with Crippen LogP contribution in [0.25, 0.3) is 0 Å². The van der Waals surface area contributed by atoms with Gasteiger partial charge in [-0.15, -0.1) is 0 Å². The van der Waals surface area contributed by atoms with E-state index in [4.69, 9.17) is 18.9 Å². The minimum Gasteiger partial charge on any atom is -0.465 e. The molecule has 1 fully saturated rings. The molecule has 182 valence electrons. The van der Waals surface area contributed by atoms with Crippen molar-refractivity contribution in [1.29, 1.82) is 0 Å². The molecule has 0 radical (unpaired) electrons. The predicted molar refractivity (Wildman–Crippen MR) is 121 cm³/mol. The van der Waals surface area contributed by atoms with Crippen LogP contribution in [0.5, 0.6) is 11.5 Å². The van der Waals surface area contributed by atoms with Gasteiger partial charge in [-0.2, -0.15) is 0 Å². The Balaban J connectivity index is 1.64. The topological polar surface area (TPSA) is 120 Å². The Labute approximate surface area is 197 Å². The van der Waals surface area contributed by atoms with E-state index in [1.165, 1.54) is 44.8 Å². The summed E-state index contributed by atoms with van der Waals surface area (Å²) in [6, 6.07) is 4.34. The van der Waals surface area contributed by atoms with Gasteiger partial charge >= 0.3 is 18.0 Å². The van der Waals surface area contributed by atoms with Crippen LogP contribution in [-0.2, 0) is 14.2 Å². The molecule has 1 aromatic heterocycles. The predicted octanol–water partition coefficient (Wildman–Crippen LogP) is 2.90. The number of anilines is 1. The Morgan fingerprint density at radius 3 is 2.00 bits per heavy atom. The van der Waals surface area contributed by atoms with E-state index in [1.807, 2.05) is 25.7 Å². The van der Waals surface area contributed by atoms with Gasteiger partial charge in [-0.1, -0.05) is 0 Å². The van der Waals surface area contributed by atoms with Gasteiger partial charge in [0.05, 0.1) is 37.7 Å². The molecule has 0 unspecified atom stereocenters. The van der Waals surface area contributed by atoms with Gasteiger partial charge in [0.15, 0.2) is 5.75 Å². The third kappa shape index (κ3) is 6.12. The van der Waals surface area contributed by atoms with E-state index in [0.29, 0.717) is 43.6 Å². The second-order valence-corrected chi connectivity index (χ2v) is 8.47. The Bertz CT molecular complexity index is 1040. The largest absolute Gasteiger partial charge is 0.465 e. The van der Waals surface area contributed by atoms with Crippen molar-refractivity contribution in [2.75, 3.05) is 45.3 Å². The zero-order valence-corrected chi connectivity index (χ0v) is 19.9. The summed E-state index contributed by atoms with van der Waals surface area (Å²) in [5.41, 5.74) is -0.448. The summed E-state index contributed by atoms with van der Waals surface area (Å²) in [6.45, 7) is 7.64. The third-order valence-corrected chi connectivity index (χ3v) is 4.87. The summed E-state index contributed by atoms with van der Waals surface area (Å²) in [7, 11) is 2.45. The average molecular weight is 472 g/mol. The summed E-state index contributed by atoms with van der Waals surface area (Å²) in [5, 5.41) is 0. The number of nitrogens with zero attached hydrogens (tertiary/aromatic N) is 4. The van der Waals surface area contributed by atoms with Gasteiger partial charge in [0.25, 0.3) is 0 Å². The quantitative estimate of drug-likeness (QED) is 0.474. The molecule has 0 saturated carbocycles. The number of esters is 2. The van der Waals surface area contributed by atoms with Crippen molar-refractivity contribution < 1.29 is 33.3 Å². The smallest absolute Gasteiger partial charge is 0.410 e. The molecular weight excluding hydrogens is 444 g/mol. The summed E-state index contributed by atoms with van der Waals surface area (Å²) < 4.78 is 20.6. The lowest BCUT2D eigenvalue weighted by molar-refractivity contribution is 0.0239. The van der Waals surface area contributed by atoms with Gasteiger partial charge < -0.3 is 28.7 Å². The lowest BCUT2D eigenvalue weighted by atomic mass is 10.1. The lowest BCUT2D eigenvalue weighted by Gasteiger charge is -2.35. The van der Waals surface area contributed by atoms with Crippen LogP contribution in [0.4, 0.5) is 10.7 Å². The number of benzene rings is 1. The standard InChI is InChI=1S/C23H28N4O7/c1-23(2,3)34-22(30)27-10-8-26(9-11-27)21-24-13-16(14-25-21)33-15-6-7-17(19(28)31-4)18(12-15)20(29)32-5/h6-7,12-14H,8-11H2,1-5H3. The van der Waals surface area contributed by atoms with Crippen LogP contribution in [0.3, 0.4) is 0 Å². The SMILES string of the molecule is COC(=O)c1ccc(Oc2cnc(N3CCN(C(=O)OC(C)(C)C)CC3)nc2)cc1C(=O)OC. The molecule has 1 aliphatic heterocycles. The van der Waals surface area contributed by atoms with Crippen molar-refractivity contribution in [3.05, 3.63) is 41.7 Å². The van der Waals surface area contributed by atoms with Crippen molar-refractivity contribution in [1.82, 2.24) is 14.9 Å². The van der Waals surface area contributed by atoms with Crippen LogP contribution in [0.2, 0.25) is 0 Å². The van der Waals surface area contributed by atoms with Crippen LogP contribution in [0.1, 0.15) is 41.5 Å². The number of piperazine rings is 1. The maximum Gasteiger partial charge on any atom is 0.410 e. The van der Waals surface area contributed by atoms with E-state index in [2.05, 4.69) is 9.97 Å². The Kier molecular flexibility index (Phi) is 7.54. The summed E-state index contributed by atoms with van der Waals surface area (Å²) >= 11 is 0. The lowest BCUT2D eigenvalue weighted by Crippen LogP contribution is -2.50. The Hall–Kier alpha value is -3.89. The molecule has 1 saturated heterocycles. The molecular formula is C23H28N4O7. The van der Waals surface area contributed by atoms with E-state index in [0.717, 1.165) is 0 Å². The second-order valence-electron chi connectivity index (χ2n) is 8.47. The summed E-state index contributed by atoms with van der Waals surface area (Å²) in [6.07, 6.45) is 2.69. The molecule has 0 aliphatic carbocycles. The van der Waals surface area contributed by atoms with Gasteiger partial charge in [-0.3, -0.25) is 0 Å². The number of ether oxygens (including phenoxy) is 4. The van der Waals surface area contributed by atoms with E-state index in [9.17, 15) is 14.4 Å². The van der Waals surface area contributed by atoms with Crippen molar-refractivity contribution in [3.63, 3.8) is 0 Å². The van der Waals surface area contributed by atoms with Gasteiger partial charge in [0, 0.05) is 26.2 Å². The first-order valence-electron chi connectivity index (χ1n) is 10.6. The first-order chi connectivity index (χ1) is 16.1. The van der Waals surface area contributed by atoms with Crippen molar-refractivity contribution in [2.24, 2.45) is 0 Å². The average Bonchev–Trinajstić information content (AvgIpc) is 2.82. The molecule has 0 spiro atoms. The minimum atomic E-state index is -0.692. The van der Waals surface area contributed by atoms with Crippen LogP contribution in [0, 0.1) is 0 Å². The highest BCUT2D eigenvalue weighted by atomic mass is 16.6. The summed E-state index contributed by atoms with van der Waals surface area (Å²) in [5.74, 6) is -0.199. The van der Waals surface area contributed by atoms with Gasteiger partial charge in [0.2, 0.25) is 5.95 Å². The molecule has 0 N–H and O–H groups in total. The van der Waals surface area contributed by atoms with Crippen molar-refractivity contribution in [3.8, 4) is 11.5 Å². The number of carbonyl (C=O) groups is 3. The van der Waals surface area contributed by atoms with Crippen LogP contribution in [-0.4, -0.2) is 78.9 Å². The highest BCUT2D eigenvalue weighted by molar-refractivity contribution is 6.03. The van der Waals surface area contributed by atoms with Crippen LogP contribution in [0.15, 0.2) is 30.6 Å². The first-order valence-corrected chi connectivity index (χ1v) is 10.6. The molecule has 1 amide bonds. The maximum absolute atomic E-state index is 12.2. The fourth-order valence-electron chi connectivity index (χ4n) is 3.23. The molecule has 2 heterocycles. The first kappa shape index (κ1) is 24.7. The normalized spacial score (nSPS) is 13.8. The number of carbonyl (C=O) groups excluding carboxylic acids is 3. The fourth-order valence-corrected chi connectivity index (χ4v) is 3.23. The number of amides is 1. The van der Waals surface area contributed by atoms with Crippen LogP contribution < -0.4 is 9.64 Å². The van der Waals surface area contributed by atoms with Crippen molar-refractivity contribution in [2.45, 2.75) is 26.4 Å². The highest BCUT2D eigenvalue weighted by Crippen LogP contribution is 2.25. The zero-order chi connectivity index (χ0) is 24.9. The van der Waals surface area contributed by atoms with Gasteiger partial charge in [0.1, 0.15) is 11.4 Å². The minimum absolute atomic E-state index is 0.0206. The van der Waals surface area contributed by atoms with E-state index < -0.39 is 17.5 Å². The van der Waals surface area contributed by atoms with Crippen molar-refractivity contribution >= 4 is 24.0 Å². The van der Waals surface area contributed by atoms with Gasteiger partial charge in [-0.05, 0) is 39.0 Å². The molecule has 0 atom stereocenters. The van der Waals surface area contributed by atoms with E-state index in [1.54, 1.807) is 4.90 Å². The maximum atomic E-state index is 12.2. The third-order valence-electron chi connectivity index (χ3n) is 4.87. The molecule has 11 heteroatoms. The number of hydrogen-bond donors (Lipinski definition) is 0. The molecule has 1 aromatic carbocycles. The number of hydrogen-bond acceptors (Lipinski definition) is 10. The number of methoxy groups -OCH3 is 2. The molecule has 3 rings (SSSR count). The molecule has 11 nitrogen and oxygen atoms in total. The second kappa shape index (κ2) is 10.4. The number of rotatable bonds is 5. The Morgan fingerprint density at radius 2 is 1.44 bits per heavy atom. The highest BCUT2D eigenvalue weighted by Gasteiger charge is 2.27. The van der Waals surface area contributed by atoms with Crippen LogP contribution >= 0.6 is 0 Å². The molecule has 2 aromatic rings. The number of aromatic nitrogens is 2. The molecule has 1 aliphatic rings. The zero-order valence-electron chi connectivity index (χ0n) is 19.9. The Morgan fingerprint density at radius 1 is 0.853 bits per heavy atom. The molecule has 34 heavy (non-hydrogen) atoms. The fraction of sp³-hybridized carbons (Fsp3) is 0.435.